The minimum Gasteiger partial charge on any atom is -0.343 e. The van der Waals surface area contributed by atoms with Crippen LogP contribution in [0.5, 0.6) is 0 Å². The maximum Gasteiger partial charge on any atom is 0.242 e. The molecule has 92 valence electrons. The first-order chi connectivity index (χ1) is 8.19. The lowest BCUT2D eigenvalue weighted by Crippen LogP contribution is -2.31. The molecule has 1 amide bonds. The van der Waals surface area contributed by atoms with Crippen LogP contribution in [-0.2, 0) is 17.8 Å². The monoisotopic (exact) mass is 234 g/mol. The molecule has 0 atom stereocenters. The van der Waals surface area contributed by atoms with Crippen molar-refractivity contribution in [3.05, 3.63) is 18.2 Å². The molecule has 0 fully saturated rings. The highest BCUT2D eigenvalue weighted by molar-refractivity contribution is 5.75. The maximum absolute atomic E-state index is 11.8. The minimum atomic E-state index is 0.00982. The number of hydrogen-bond acceptors (Lipinski definition) is 3. The topological polar surface area (TPSA) is 61.9 Å². The fraction of sp³-hybridized carbons (Fsp3) is 0.583. The smallest absolute Gasteiger partial charge is 0.242 e. The fourth-order valence-corrected chi connectivity index (χ4v) is 1.54. The zero-order chi connectivity index (χ0) is 12.7. The summed E-state index contributed by atoms with van der Waals surface area (Å²) in [7, 11) is 1.72. The van der Waals surface area contributed by atoms with Crippen molar-refractivity contribution in [1.29, 1.82) is 5.26 Å². The van der Waals surface area contributed by atoms with E-state index in [1.165, 1.54) is 0 Å². The van der Waals surface area contributed by atoms with Crippen LogP contribution in [0.2, 0.25) is 0 Å². The van der Waals surface area contributed by atoms with Crippen LogP contribution < -0.4 is 0 Å². The lowest BCUT2D eigenvalue weighted by atomic mass is 10.3. The van der Waals surface area contributed by atoms with Gasteiger partial charge in [0.15, 0.2) is 0 Å². The van der Waals surface area contributed by atoms with E-state index >= 15 is 0 Å². The van der Waals surface area contributed by atoms with Gasteiger partial charge in [0.2, 0.25) is 5.91 Å². The number of imidazole rings is 1. The first kappa shape index (κ1) is 13.2. The number of nitriles is 1. The average molecular weight is 234 g/mol. The molecule has 0 saturated carbocycles. The van der Waals surface area contributed by atoms with Crippen molar-refractivity contribution in [2.75, 3.05) is 13.6 Å². The van der Waals surface area contributed by atoms with Crippen molar-refractivity contribution in [3.63, 3.8) is 0 Å². The van der Waals surface area contributed by atoms with Crippen molar-refractivity contribution in [2.24, 2.45) is 0 Å². The molecule has 1 aromatic rings. The summed E-state index contributed by atoms with van der Waals surface area (Å²) in [6.07, 6.45) is 5.79. The predicted molar refractivity (Wildman–Crippen MR) is 64.1 cm³/mol. The Hall–Kier alpha value is -1.83. The van der Waals surface area contributed by atoms with Gasteiger partial charge < -0.3 is 9.47 Å². The van der Waals surface area contributed by atoms with Crippen LogP contribution in [0, 0.1) is 11.3 Å². The maximum atomic E-state index is 11.8. The van der Waals surface area contributed by atoms with E-state index < -0.39 is 0 Å². The van der Waals surface area contributed by atoms with Crippen LogP contribution >= 0.6 is 0 Å². The molecule has 1 rings (SSSR count). The molecule has 1 heterocycles. The molecule has 0 unspecified atom stereocenters. The third-order valence-electron chi connectivity index (χ3n) is 2.57. The second kappa shape index (κ2) is 6.69. The molecule has 1 aromatic heterocycles. The molecule has 0 aromatic carbocycles. The molecular weight excluding hydrogens is 216 g/mol. The molecule has 0 aliphatic rings. The van der Waals surface area contributed by atoms with Gasteiger partial charge in [-0.25, -0.2) is 4.98 Å². The average Bonchev–Trinajstić information content (AvgIpc) is 2.74. The molecule has 0 aliphatic carbocycles. The van der Waals surface area contributed by atoms with E-state index in [1.807, 2.05) is 16.8 Å². The van der Waals surface area contributed by atoms with Gasteiger partial charge in [-0.05, 0) is 6.42 Å². The van der Waals surface area contributed by atoms with Gasteiger partial charge in [0, 0.05) is 32.4 Å². The van der Waals surface area contributed by atoms with Gasteiger partial charge in [0.05, 0.1) is 12.5 Å². The largest absolute Gasteiger partial charge is 0.343 e. The van der Waals surface area contributed by atoms with E-state index in [1.54, 1.807) is 18.1 Å². The van der Waals surface area contributed by atoms with Crippen LogP contribution in [0.1, 0.15) is 25.6 Å². The van der Waals surface area contributed by atoms with Crippen LogP contribution in [0.3, 0.4) is 0 Å². The summed E-state index contributed by atoms with van der Waals surface area (Å²) in [5, 5.41) is 8.46. The number of hydrogen-bond donors (Lipinski definition) is 0. The first-order valence-electron chi connectivity index (χ1n) is 5.80. The molecule has 0 spiro atoms. The normalized spacial score (nSPS) is 9.94. The van der Waals surface area contributed by atoms with E-state index in [4.69, 9.17) is 5.26 Å². The quantitative estimate of drug-likeness (QED) is 0.743. The van der Waals surface area contributed by atoms with Crippen LogP contribution in [0.15, 0.2) is 12.4 Å². The van der Waals surface area contributed by atoms with Gasteiger partial charge in [0.25, 0.3) is 0 Å². The second-order valence-corrected chi connectivity index (χ2v) is 3.94. The summed E-state index contributed by atoms with van der Waals surface area (Å²) in [5.41, 5.74) is 0. The Labute approximate surface area is 102 Å². The summed E-state index contributed by atoms with van der Waals surface area (Å²) in [6, 6.07) is 2.03. The van der Waals surface area contributed by atoms with Crippen molar-refractivity contribution in [2.45, 2.75) is 32.7 Å². The summed E-state index contributed by atoms with van der Waals surface area (Å²) in [5.74, 6) is 0.949. The molecule has 17 heavy (non-hydrogen) atoms. The number of aromatic nitrogens is 2. The Morgan fingerprint density at radius 1 is 1.65 bits per heavy atom. The first-order valence-corrected chi connectivity index (χ1v) is 5.80. The molecule has 0 bridgehead atoms. The molecule has 0 radical (unpaired) electrons. The standard InChI is InChI=1S/C12H18N4O/c1-3-5-11-14-7-9-16(11)10-12(17)15(2)8-4-6-13/h7,9H,3-5,8,10H2,1-2H3. The van der Waals surface area contributed by atoms with Crippen LogP contribution in [0.4, 0.5) is 0 Å². The van der Waals surface area contributed by atoms with E-state index in [0.29, 0.717) is 19.5 Å². The summed E-state index contributed by atoms with van der Waals surface area (Å²) < 4.78 is 1.87. The Morgan fingerprint density at radius 2 is 2.41 bits per heavy atom. The van der Waals surface area contributed by atoms with E-state index in [0.717, 1.165) is 18.7 Å². The van der Waals surface area contributed by atoms with Gasteiger partial charge in [-0.15, -0.1) is 0 Å². The third kappa shape index (κ3) is 3.91. The molecular formula is C12H18N4O. The zero-order valence-corrected chi connectivity index (χ0v) is 10.4. The highest BCUT2D eigenvalue weighted by atomic mass is 16.2. The van der Waals surface area contributed by atoms with Crippen molar-refractivity contribution in [1.82, 2.24) is 14.5 Å². The van der Waals surface area contributed by atoms with Gasteiger partial charge in [0.1, 0.15) is 12.4 Å². The number of amides is 1. The molecule has 0 saturated heterocycles. The number of carbonyl (C=O) groups is 1. The molecule has 0 N–H and O–H groups in total. The highest BCUT2D eigenvalue weighted by Gasteiger charge is 2.11. The van der Waals surface area contributed by atoms with Crippen LogP contribution in [-0.4, -0.2) is 34.0 Å². The SMILES string of the molecule is CCCc1nccn1CC(=O)N(C)CCC#N. The van der Waals surface area contributed by atoms with E-state index in [-0.39, 0.29) is 5.91 Å². The summed E-state index contributed by atoms with van der Waals surface area (Å²) in [6.45, 7) is 2.87. The number of carbonyl (C=O) groups excluding carboxylic acids is 1. The lowest BCUT2D eigenvalue weighted by molar-refractivity contribution is -0.130. The Kier molecular flexibility index (Phi) is 5.21. The van der Waals surface area contributed by atoms with Gasteiger partial charge >= 0.3 is 0 Å². The van der Waals surface area contributed by atoms with Gasteiger partial charge in [-0.3, -0.25) is 4.79 Å². The fourth-order valence-electron chi connectivity index (χ4n) is 1.54. The summed E-state index contributed by atoms with van der Waals surface area (Å²) >= 11 is 0. The Balaban J connectivity index is 2.55. The molecule has 0 aliphatic heterocycles. The van der Waals surface area contributed by atoms with Gasteiger partial charge in [-0.2, -0.15) is 5.26 Å². The van der Waals surface area contributed by atoms with E-state index in [9.17, 15) is 4.79 Å². The Bertz CT molecular complexity index is 405. The van der Waals surface area contributed by atoms with Gasteiger partial charge in [-0.1, -0.05) is 6.92 Å². The molecule has 5 nitrogen and oxygen atoms in total. The number of likely N-dealkylation sites (N-methyl/N-ethyl adjacent to an activating group) is 1. The summed E-state index contributed by atoms with van der Waals surface area (Å²) in [4.78, 5) is 17.6. The number of nitrogens with zero attached hydrogens (tertiary/aromatic N) is 4. The molecule has 5 heteroatoms. The Morgan fingerprint density at radius 3 is 3.06 bits per heavy atom. The van der Waals surface area contributed by atoms with Crippen molar-refractivity contribution >= 4 is 5.91 Å². The minimum absolute atomic E-state index is 0.00982. The second-order valence-electron chi connectivity index (χ2n) is 3.94. The predicted octanol–water partition coefficient (Wildman–Crippen LogP) is 1.21. The lowest BCUT2D eigenvalue weighted by Gasteiger charge is -2.16. The highest BCUT2D eigenvalue weighted by Crippen LogP contribution is 2.02. The van der Waals surface area contributed by atoms with Crippen molar-refractivity contribution < 1.29 is 4.79 Å². The van der Waals surface area contributed by atoms with Crippen LogP contribution in [0.25, 0.3) is 0 Å². The van der Waals surface area contributed by atoms with E-state index in [2.05, 4.69) is 11.9 Å². The zero-order valence-electron chi connectivity index (χ0n) is 10.4. The number of rotatable bonds is 6. The third-order valence-corrected chi connectivity index (χ3v) is 2.57. The number of aryl methyl sites for hydroxylation is 1. The van der Waals surface area contributed by atoms with Crippen molar-refractivity contribution in [3.8, 4) is 6.07 Å².